The van der Waals surface area contributed by atoms with Crippen molar-refractivity contribution >= 4 is 17.2 Å². The number of hydrogen-bond donors (Lipinski definition) is 0. The molecular formula is C22H22FN3OS. The molecule has 0 radical (unpaired) electrons. The third-order valence-electron chi connectivity index (χ3n) is 5.16. The van der Waals surface area contributed by atoms with E-state index in [1.54, 1.807) is 23.5 Å². The number of aromatic nitrogens is 2. The zero-order chi connectivity index (χ0) is 19.5. The summed E-state index contributed by atoms with van der Waals surface area (Å²) in [4.78, 5) is 24.9. The Morgan fingerprint density at radius 1 is 1.29 bits per heavy atom. The Labute approximate surface area is 168 Å². The van der Waals surface area contributed by atoms with Crippen molar-refractivity contribution in [3.63, 3.8) is 0 Å². The molecule has 4 rings (SSSR count). The van der Waals surface area contributed by atoms with Gasteiger partial charge in [-0.3, -0.25) is 4.79 Å². The molecule has 1 atom stereocenters. The van der Waals surface area contributed by atoms with Gasteiger partial charge in [0.1, 0.15) is 11.6 Å². The zero-order valence-electron chi connectivity index (χ0n) is 15.8. The molecule has 0 saturated carbocycles. The van der Waals surface area contributed by atoms with Gasteiger partial charge in [-0.1, -0.05) is 18.2 Å². The van der Waals surface area contributed by atoms with Crippen LogP contribution < -0.4 is 0 Å². The second-order valence-corrected chi connectivity index (χ2v) is 8.19. The Balaban J connectivity index is 1.58. The highest BCUT2D eigenvalue weighted by Gasteiger charge is 2.28. The average Bonchev–Trinajstić information content (AvgIpc) is 3.22. The van der Waals surface area contributed by atoms with Crippen LogP contribution in [0.25, 0.3) is 11.1 Å². The van der Waals surface area contributed by atoms with Crippen molar-refractivity contribution in [3.05, 3.63) is 70.2 Å². The Morgan fingerprint density at radius 3 is 2.86 bits per heavy atom. The van der Waals surface area contributed by atoms with Crippen molar-refractivity contribution in [2.24, 2.45) is 0 Å². The fourth-order valence-corrected chi connectivity index (χ4v) is 4.45. The van der Waals surface area contributed by atoms with Crippen molar-refractivity contribution in [2.45, 2.75) is 32.1 Å². The molecule has 0 aliphatic carbocycles. The van der Waals surface area contributed by atoms with E-state index >= 15 is 0 Å². The molecule has 28 heavy (non-hydrogen) atoms. The fourth-order valence-electron chi connectivity index (χ4n) is 3.75. The first-order chi connectivity index (χ1) is 13.6. The number of nitrogens with zero attached hydrogens (tertiary/aromatic N) is 3. The Morgan fingerprint density at radius 2 is 2.11 bits per heavy atom. The molecule has 1 aromatic carbocycles. The van der Waals surface area contributed by atoms with E-state index in [-0.39, 0.29) is 17.6 Å². The summed E-state index contributed by atoms with van der Waals surface area (Å²) in [6, 6.07) is 10.4. The van der Waals surface area contributed by atoms with Crippen molar-refractivity contribution < 1.29 is 9.18 Å². The highest BCUT2D eigenvalue weighted by atomic mass is 32.1. The van der Waals surface area contributed by atoms with Gasteiger partial charge in [0.2, 0.25) is 5.91 Å². The summed E-state index contributed by atoms with van der Waals surface area (Å²) >= 11 is 1.62. The third kappa shape index (κ3) is 4.12. The number of likely N-dealkylation sites (tertiary alicyclic amines) is 1. The van der Waals surface area contributed by atoms with E-state index in [1.165, 1.54) is 12.1 Å². The zero-order valence-corrected chi connectivity index (χ0v) is 16.6. The summed E-state index contributed by atoms with van der Waals surface area (Å²) < 4.78 is 13.3. The molecular weight excluding hydrogens is 373 g/mol. The number of hydrogen-bond acceptors (Lipinski definition) is 4. The SMILES string of the molecule is Cc1ncc(-c2ccc(F)cc2)c(C2CCCN(C(=O)Cc3cccs3)C2)n1. The van der Waals surface area contributed by atoms with Crippen molar-refractivity contribution in [3.8, 4) is 11.1 Å². The van der Waals surface area contributed by atoms with Crippen LogP contribution in [0.3, 0.4) is 0 Å². The quantitative estimate of drug-likeness (QED) is 0.648. The molecule has 1 fully saturated rings. The van der Waals surface area contributed by atoms with Crippen LogP contribution in [0, 0.1) is 12.7 Å². The van der Waals surface area contributed by atoms with Crippen LogP contribution in [0.5, 0.6) is 0 Å². The van der Waals surface area contributed by atoms with Gasteiger partial charge in [0.25, 0.3) is 0 Å². The molecule has 1 aliphatic heterocycles. The van der Waals surface area contributed by atoms with E-state index in [4.69, 9.17) is 4.98 Å². The Hall–Kier alpha value is -2.60. The minimum atomic E-state index is -0.263. The van der Waals surface area contributed by atoms with Crippen LogP contribution in [0.1, 0.15) is 35.2 Å². The molecule has 144 valence electrons. The molecule has 6 heteroatoms. The number of rotatable bonds is 4. The van der Waals surface area contributed by atoms with E-state index in [9.17, 15) is 9.18 Å². The Kier molecular flexibility index (Phi) is 5.48. The number of thiophene rings is 1. The van der Waals surface area contributed by atoms with E-state index in [0.29, 0.717) is 18.8 Å². The molecule has 4 nitrogen and oxygen atoms in total. The van der Waals surface area contributed by atoms with Gasteiger partial charge in [-0.2, -0.15) is 0 Å². The maximum atomic E-state index is 13.3. The molecule has 1 unspecified atom stereocenters. The van der Waals surface area contributed by atoms with Gasteiger partial charge in [0, 0.05) is 35.6 Å². The summed E-state index contributed by atoms with van der Waals surface area (Å²) in [7, 11) is 0. The minimum absolute atomic E-state index is 0.155. The number of carbonyl (C=O) groups excluding carboxylic acids is 1. The van der Waals surface area contributed by atoms with Crippen LogP contribution in [-0.4, -0.2) is 33.9 Å². The first-order valence-corrected chi connectivity index (χ1v) is 10.4. The maximum absolute atomic E-state index is 13.3. The van der Waals surface area contributed by atoms with Crippen LogP contribution in [0.15, 0.2) is 48.0 Å². The summed E-state index contributed by atoms with van der Waals surface area (Å²) in [5.74, 6) is 0.772. The van der Waals surface area contributed by atoms with E-state index in [0.717, 1.165) is 41.1 Å². The predicted molar refractivity (Wildman–Crippen MR) is 109 cm³/mol. The van der Waals surface area contributed by atoms with E-state index < -0.39 is 0 Å². The third-order valence-corrected chi connectivity index (χ3v) is 6.04. The summed E-state index contributed by atoms with van der Waals surface area (Å²) in [6.07, 6.45) is 4.20. The molecule has 0 bridgehead atoms. The normalized spacial score (nSPS) is 16.9. The van der Waals surface area contributed by atoms with Gasteiger partial charge in [-0.15, -0.1) is 11.3 Å². The molecule has 0 N–H and O–H groups in total. The lowest BCUT2D eigenvalue weighted by atomic mass is 9.89. The highest BCUT2D eigenvalue weighted by Crippen LogP contribution is 2.33. The van der Waals surface area contributed by atoms with Gasteiger partial charge < -0.3 is 4.90 Å². The minimum Gasteiger partial charge on any atom is -0.342 e. The second-order valence-electron chi connectivity index (χ2n) is 7.16. The number of carbonyl (C=O) groups is 1. The number of amides is 1. The van der Waals surface area contributed by atoms with Crippen molar-refractivity contribution in [2.75, 3.05) is 13.1 Å². The summed E-state index contributed by atoms with van der Waals surface area (Å²) in [5, 5.41) is 2.00. The number of aryl methyl sites for hydroxylation is 1. The average molecular weight is 396 g/mol. The van der Waals surface area contributed by atoms with Crippen LogP contribution in [0.2, 0.25) is 0 Å². The highest BCUT2D eigenvalue weighted by molar-refractivity contribution is 7.10. The lowest BCUT2D eigenvalue weighted by Gasteiger charge is -2.33. The molecule has 1 aliphatic rings. The van der Waals surface area contributed by atoms with Gasteiger partial charge in [-0.25, -0.2) is 14.4 Å². The van der Waals surface area contributed by atoms with Gasteiger partial charge in [0.05, 0.1) is 12.1 Å². The first kappa shape index (κ1) is 18.7. The van der Waals surface area contributed by atoms with Crippen LogP contribution in [0.4, 0.5) is 4.39 Å². The molecule has 1 amide bonds. The Bertz CT molecular complexity index is 956. The second kappa shape index (κ2) is 8.19. The van der Waals surface area contributed by atoms with Gasteiger partial charge >= 0.3 is 0 Å². The van der Waals surface area contributed by atoms with Crippen LogP contribution in [-0.2, 0) is 11.2 Å². The number of piperidine rings is 1. The molecule has 3 aromatic rings. The first-order valence-electron chi connectivity index (χ1n) is 9.50. The van der Waals surface area contributed by atoms with Crippen LogP contribution >= 0.6 is 11.3 Å². The lowest BCUT2D eigenvalue weighted by molar-refractivity contribution is -0.131. The fraction of sp³-hybridized carbons (Fsp3) is 0.318. The summed E-state index contributed by atoms with van der Waals surface area (Å²) in [5.41, 5.74) is 2.77. The van der Waals surface area contributed by atoms with Crippen molar-refractivity contribution in [1.29, 1.82) is 0 Å². The summed E-state index contributed by atoms with van der Waals surface area (Å²) in [6.45, 7) is 3.33. The molecule has 2 aromatic heterocycles. The van der Waals surface area contributed by atoms with E-state index in [2.05, 4.69) is 4.98 Å². The number of halogens is 1. The molecule has 3 heterocycles. The number of benzene rings is 1. The smallest absolute Gasteiger partial charge is 0.227 e. The molecule has 1 saturated heterocycles. The van der Waals surface area contributed by atoms with E-state index in [1.807, 2.05) is 35.5 Å². The predicted octanol–water partition coefficient (Wildman–Crippen LogP) is 4.60. The lowest BCUT2D eigenvalue weighted by Crippen LogP contribution is -2.40. The van der Waals surface area contributed by atoms with Gasteiger partial charge in [-0.05, 0) is 48.9 Å². The topological polar surface area (TPSA) is 46.1 Å². The standard InChI is InChI=1S/C22H22FN3OS/c1-15-24-13-20(16-6-8-18(23)9-7-16)22(25-15)17-4-2-10-26(14-17)21(27)12-19-5-3-11-28-19/h3,5-9,11,13,17H,2,4,10,12,14H2,1H3. The van der Waals surface area contributed by atoms with Crippen molar-refractivity contribution in [1.82, 2.24) is 14.9 Å². The largest absolute Gasteiger partial charge is 0.342 e. The maximum Gasteiger partial charge on any atom is 0.227 e. The monoisotopic (exact) mass is 395 g/mol. The van der Waals surface area contributed by atoms with Gasteiger partial charge in [0.15, 0.2) is 0 Å². The molecule has 0 spiro atoms.